The van der Waals surface area contributed by atoms with E-state index in [1.165, 1.54) is 0 Å². The highest BCUT2D eigenvalue weighted by Crippen LogP contribution is 2.34. The van der Waals surface area contributed by atoms with Crippen molar-refractivity contribution < 1.29 is 14.3 Å². The van der Waals surface area contributed by atoms with Crippen LogP contribution >= 0.6 is 0 Å². The minimum Gasteiger partial charge on any atom is -0.493 e. The van der Waals surface area contributed by atoms with E-state index >= 15 is 0 Å². The van der Waals surface area contributed by atoms with Gasteiger partial charge >= 0.3 is 0 Å². The number of amides is 1. The summed E-state index contributed by atoms with van der Waals surface area (Å²) in [5, 5.41) is 0. The Bertz CT molecular complexity index is 901. The zero-order valence-corrected chi connectivity index (χ0v) is 17.3. The first-order valence-electron chi connectivity index (χ1n) is 9.65. The van der Waals surface area contributed by atoms with Crippen molar-refractivity contribution in [2.45, 2.75) is 18.9 Å². The summed E-state index contributed by atoms with van der Waals surface area (Å²) in [6.45, 7) is 2.02. The Labute approximate surface area is 172 Å². The Hall–Kier alpha value is -3.27. The number of likely N-dealkylation sites (N-methyl/N-ethyl adjacent to an activating group) is 1. The smallest absolute Gasteiger partial charge is 0.234 e. The van der Waals surface area contributed by atoms with Crippen LogP contribution in [0.5, 0.6) is 11.5 Å². The molecule has 0 N–H and O–H groups in total. The second kappa shape index (κ2) is 9.28. The molecule has 0 saturated heterocycles. The Morgan fingerprint density at radius 3 is 1.76 bits per heavy atom. The lowest BCUT2D eigenvalue weighted by Crippen LogP contribution is -2.34. The molecule has 0 aliphatic carbocycles. The summed E-state index contributed by atoms with van der Waals surface area (Å²) in [7, 11) is 5.07. The van der Waals surface area contributed by atoms with Gasteiger partial charge in [-0.1, -0.05) is 66.7 Å². The molecule has 0 saturated carbocycles. The highest BCUT2D eigenvalue weighted by Gasteiger charge is 2.28. The van der Waals surface area contributed by atoms with Crippen LogP contribution in [0, 0.1) is 0 Å². The standard InChI is InChI=1S/C25H27NO3/c1-18(21-15-16-22(28-3)23(17-21)29-4)26(2)25(27)24(19-11-7-5-8-12-19)20-13-9-6-10-14-20/h5-18,24H,1-4H3/t18-/m0/s1. The predicted octanol–water partition coefficient (Wildman–Crippen LogP) is 5.06. The topological polar surface area (TPSA) is 38.8 Å². The third-order valence-electron chi connectivity index (χ3n) is 5.33. The fraction of sp³-hybridized carbons (Fsp3) is 0.240. The number of benzene rings is 3. The third kappa shape index (κ3) is 4.43. The maximum Gasteiger partial charge on any atom is 0.234 e. The molecule has 1 atom stereocenters. The molecule has 29 heavy (non-hydrogen) atoms. The van der Waals surface area contributed by atoms with Gasteiger partial charge in [0.15, 0.2) is 11.5 Å². The van der Waals surface area contributed by atoms with Crippen LogP contribution < -0.4 is 9.47 Å². The van der Waals surface area contributed by atoms with Gasteiger partial charge in [-0.3, -0.25) is 4.79 Å². The fourth-order valence-electron chi connectivity index (χ4n) is 3.50. The maximum atomic E-state index is 13.6. The molecule has 3 aromatic rings. The normalized spacial score (nSPS) is 11.8. The van der Waals surface area contributed by atoms with Crippen LogP contribution in [0.1, 0.15) is 35.6 Å². The molecule has 150 valence electrons. The molecule has 0 bridgehead atoms. The van der Waals surface area contributed by atoms with E-state index < -0.39 is 0 Å². The largest absolute Gasteiger partial charge is 0.493 e. The number of methoxy groups -OCH3 is 2. The third-order valence-corrected chi connectivity index (χ3v) is 5.33. The van der Waals surface area contributed by atoms with Gasteiger partial charge in [-0.15, -0.1) is 0 Å². The van der Waals surface area contributed by atoms with Crippen molar-refractivity contribution in [1.82, 2.24) is 4.90 Å². The van der Waals surface area contributed by atoms with Crippen molar-refractivity contribution in [3.8, 4) is 11.5 Å². The Morgan fingerprint density at radius 2 is 1.28 bits per heavy atom. The van der Waals surface area contributed by atoms with Crippen molar-refractivity contribution >= 4 is 5.91 Å². The quantitative estimate of drug-likeness (QED) is 0.567. The number of rotatable bonds is 7. The molecule has 4 nitrogen and oxygen atoms in total. The van der Waals surface area contributed by atoms with E-state index in [0.717, 1.165) is 16.7 Å². The highest BCUT2D eigenvalue weighted by atomic mass is 16.5. The zero-order chi connectivity index (χ0) is 20.8. The van der Waals surface area contributed by atoms with Crippen molar-refractivity contribution in [3.63, 3.8) is 0 Å². The molecule has 3 aromatic carbocycles. The summed E-state index contributed by atoms with van der Waals surface area (Å²) in [5.41, 5.74) is 2.95. The van der Waals surface area contributed by atoms with E-state index in [1.807, 2.05) is 92.8 Å². The van der Waals surface area contributed by atoms with Crippen LogP contribution in [0.25, 0.3) is 0 Å². The van der Waals surface area contributed by atoms with Gasteiger partial charge in [0.1, 0.15) is 0 Å². The lowest BCUT2D eigenvalue weighted by Gasteiger charge is -2.30. The average molecular weight is 389 g/mol. The monoisotopic (exact) mass is 389 g/mol. The lowest BCUT2D eigenvalue weighted by molar-refractivity contribution is -0.132. The Balaban J connectivity index is 1.93. The van der Waals surface area contributed by atoms with Gasteiger partial charge in [-0.2, -0.15) is 0 Å². The fourth-order valence-corrected chi connectivity index (χ4v) is 3.50. The summed E-state index contributed by atoms with van der Waals surface area (Å²) in [6.07, 6.45) is 0. The molecule has 3 rings (SSSR count). The van der Waals surface area contributed by atoms with Gasteiger partial charge < -0.3 is 14.4 Å². The molecule has 0 spiro atoms. The molecule has 0 aromatic heterocycles. The first kappa shape index (κ1) is 20.5. The second-order valence-corrected chi connectivity index (χ2v) is 6.99. The molecule has 0 unspecified atom stereocenters. The van der Waals surface area contributed by atoms with Crippen molar-refractivity contribution in [2.24, 2.45) is 0 Å². The summed E-state index contributed by atoms with van der Waals surface area (Å²) in [6, 6.07) is 25.5. The van der Waals surface area contributed by atoms with Gasteiger partial charge in [-0.05, 0) is 35.7 Å². The second-order valence-electron chi connectivity index (χ2n) is 6.99. The van der Waals surface area contributed by atoms with Crippen LogP contribution in [0.3, 0.4) is 0 Å². The number of nitrogens with zero attached hydrogens (tertiary/aromatic N) is 1. The van der Waals surface area contributed by atoms with E-state index in [0.29, 0.717) is 11.5 Å². The van der Waals surface area contributed by atoms with Gasteiger partial charge in [0.25, 0.3) is 0 Å². The van der Waals surface area contributed by atoms with Crippen LogP contribution in [-0.4, -0.2) is 32.1 Å². The molecule has 0 radical (unpaired) electrons. The molecule has 1 amide bonds. The molecule has 4 heteroatoms. The summed E-state index contributed by atoms with van der Waals surface area (Å²) in [5.74, 6) is 1.01. The number of hydrogen-bond acceptors (Lipinski definition) is 3. The number of carbonyl (C=O) groups is 1. The molecule has 0 fully saturated rings. The van der Waals surface area contributed by atoms with Gasteiger partial charge in [0, 0.05) is 7.05 Å². The van der Waals surface area contributed by atoms with Gasteiger partial charge in [-0.25, -0.2) is 0 Å². The first-order chi connectivity index (χ1) is 14.1. The van der Waals surface area contributed by atoms with E-state index in [2.05, 4.69) is 0 Å². The molecule has 0 aliphatic heterocycles. The van der Waals surface area contributed by atoms with Crippen LogP contribution in [0.2, 0.25) is 0 Å². The lowest BCUT2D eigenvalue weighted by atomic mass is 9.89. The van der Waals surface area contributed by atoms with E-state index in [1.54, 1.807) is 19.1 Å². The van der Waals surface area contributed by atoms with Crippen LogP contribution in [0.15, 0.2) is 78.9 Å². The molecular weight excluding hydrogens is 362 g/mol. The average Bonchev–Trinajstić information content (AvgIpc) is 2.79. The van der Waals surface area contributed by atoms with E-state index in [-0.39, 0.29) is 17.9 Å². The van der Waals surface area contributed by atoms with Crippen LogP contribution in [0.4, 0.5) is 0 Å². The Morgan fingerprint density at radius 1 is 0.759 bits per heavy atom. The summed E-state index contributed by atoms with van der Waals surface area (Å²) in [4.78, 5) is 15.4. The van der Waals surface area contributed by atoms with Crippen LogP contribution in [-0.2, 0) is 4.79 Å². The Kier molecular flexibility index (Phi) is 6.55. The predicted molar refractivity (Wildman–Crippen MR) is 115 cm³/mol. The number of ether oxygens (including phenoxy) is 2. The minimum absolute atomic E-state index is 0.0460. The van der Waals surface area contributed by atoms with Crippen molar-refractivity contribution in [3.05, 3.63) is 95.6 Å². The van der Waals surface area contributed by atoms with Crippen molar-refractivity contribution in [1.29, 1.82) is 0 Å². The number of carbonyl (C=O) groups excluding carboxylic acids is 1. The molecular formula is C25H27NO3. The summed E-state index contributed by atoms with van der Waals surface area (Å²) < 4.78 is 10.8. The van der Waals surface area contributed by atoms with Gasteiger partial charge in [0.2, 0.25) is 5.91 Å². The molecule has 0 heterocycles. The maximum absolute atomic E-state index is 13.6. The SMILES string of the molecule is COc1ccc([C@H](C)N(C)C(=O)C(c2ccccc2)c2ccccc2)cc1OC. The summed E-state index contributed by atoms with van der Waals surface area (Å²) >= 11 is 0. The van der Waals surface area contributed by atoms with E-state index in [4.69, 9.17) is 9.47 Å². The molecule has 0 aliphatic rings. The first-order valence-corrected chi connectivity index (χ1v) is 9.65. The highest BCUT2D eigenvalue weighted by molar-refractivity contribution is 5.87. The van der Waals surface area contributed by atoms with Gasteiger partial charge in [0.05, 0.1) is 26.2 Å². The van der Waals surface area contributed by atoms with Crippen molar-refractivity contribution in [2.75, 3.05) is 21.3 Å². The number of hydrogen-bond donors (Lipinski definition) is 0. The zero-order valence-electron chi connectivity index (χ0n) is 17.3. The van der Waals surface area contributed by atoms with E-state index in [9.17, 15) is 4.79 Å². The minimum atomic E-state index is -0.356.